The van der Waals surface area contributed by atoms with Gasteiger partial charge in [-0.05, 0) is 27.4 Å². The molecule has 7 heteroatoms. The van der Waals surface area contributed by atoms with E-state index in [2.05, 4.69) is 56.9 Å². The van der Waals surface area contributed by atoms with Crippen molar-refractivity contribution in [3.8, 4) is 0 Å². The Morgan fingerprint density at radius 3 is 2.61 bits per heavy atom. The molecule has 0 fully saturated rings. The molecule has 2 N–H and O–H groups in total. The van der Waals surface area contributed by atoms with Crippen LogP contribution in [-0.4, -0.2) is 25.3 Å². The molecule has 0 saturated heterocycles. The Labute approximate surface area is 147 Å². The Hall–Kier alpha value is -1.60. The molecule has 0 unspecified atom stereocenters. The number of hydrogen-bond donors (Lipinski definition) is 1. The van der Waals surface area contributed by atoms with E-state index in [0.717, 1.165) is 11.4 Å². The summed E-state index contributed by atoms with van der Waals surface area (Å²) in [7, 11) is 0. The van der Waals surface area contributed by atoms with Crippen LogP contribution in [0.5, 0.6) is 0 Å². The number of fused-ring (bicyclic) bond motifs is 1. The van der Waals surface area contributed by atoms with Gasteiger partial charge in [-0.2, -0.15) is 0 Å². The number of halogens is 1. The van der Waals surface area contributed by atoms with Gasteiger partial charge in [-0.25, -0.2) is 15.0 Å². The molecule has 0 radical (unpaired) electrons. The summed E-state index contributed by atoms with van der Waals surface area (Å²) < 4.78 is 2.73. The number of thioether (sulfide) groups is 1. The zero-order valence-electron chi connectivity index (χ0n) is 13.0. The molecule has 3 aromatic rings. The van der Waals surface area contributed by atoms with E-state index >= 15 is 0 Å². The van der Waals surface area contributed by atoms with Gasteiger partial charge in [0.1, 0.15) is 0 Å². The molecule has 0 bridgehead atoms. The van der Waals surface area contributed by atoms with Crippen molar-refractivity contribution in [2.24, 2.45) is 5.92 Å². The van der Waals surface area contributed by atoms with E-state index in [9.17, 15) is 0 Å². The fourth-order valence-electron chi connectivity index (χ4n) is 2.19. The molecule has 0 atom stereocenters. The van der Waals surface area contributed by atoms with Crippen molar-refractivity contribution in [2.45, 2.75) is 25.5 Å². The second kappa shape index (κ2) is 6.88. The highest BCUT2D eigenvalue weighted by Crippen LogP contribution is 2.27. The normalized spacial score (nSPS) is 11.5. The Morgan fingerprint density at radius 1 is 1.17 bits per heavy atom. The monoisotopic (exact) mass is 391 g/mol. The van der Waals surface area contributed by atoms with Crippen LogP contribution in [0.4, 0.5) is 5.82 Å². The van der Waals surface area contributed by atoms with Crippen molar-refractivity contribution in [1.82, 2.24) is 19.5 Å². The highest BCUT2D eigenvalue weighted by atomic mass is 79.9. The average molecular weight is 392 g/mol. The Morgan fingerprint density at radius 2 is 1.91 bits per heavy atom. The van der Waals surface area contributed by atoms with Crippen LogP contribution < -0.4 is 5.73 Å². The van der Waals surface area contributed by atoms with E-state index < -0.39 is 0 Å². The van der Waals surface area contributed by atoms with Gasteiger partial charge in [-0.1, -0.05) is 55.9 Å². The van der Waals surface area contributed by atoms with Gasteiger partial charge < -0.3 is 5.73 Å². The second-order valence-corrected chi connectivity index (χ2v) is 7.42. The van der Waals surface area contributed by atoms with Crippen molar-refractivity contribution >= 4 is 44.7 Å². The lowest BCUT2D eigenvalue weighted by molar-refractivity contribution is 0.747. The van der Waals surface area contributed by atoms with E-state index in [4.69, 9.17) is 5.73 Å². The molecule has 0 saturated carbocycles. The van der Waals surface area contributed by atoms with Crippen LogP contribution in [0.2, 0.25) is 0 Å². The van der Waals surface area contributed by atoms with Crippen LogP contribution in [0.3, 0.4) is 0 Å². The average Bonchev–Trinajstić information content (AvgIpc) is 2.83. The Kier molecular flexibility index (Phi) is 4.87. The van der Waals surface area contributed by atoms with Gasteiger partial charge >= 0.3 is 0 Å². The SMILES string of the molecule is CC(C)CSc1nc(N)c2nc(Br)n(Cc3ccccc3)c2n1. The molecule has 0 aliphatic heterocycles. The number of benzene rings is 1. The van der Waals surface area contributed by atoms with Crippen molar-refractivity contribution in [1.29, 1.82) is 0 Å². The van der Waals surface area contributed by atoms with Crippen molar-refractivity contribution in [2.75, 3.05) is 11.5 Å². The van der Waals surface area contributed by atoms with E-state index in [1.165, 1.54) is 5.56 Å². The van der Waals surface area contributed by atoms with Crippen molar-refractivity contribution in [3.63, 3.8) is 0 Å². The third-order valence-electron chi connectivity index (χ3n) is 3.28. The highest BCUT2D eigenvalue weighted by molar-refractivity contribution is 9.10. The summed E-state index contributed by atoms with van der Waals surface area (Å²) in [4.78, 5) is 13.5. The van der Waals surface area contributed by atoms with Crippen LogP contribution in [0.25, 0.3) is 11.2 Å². The smallest absolute Gasteiger partial charge is 0.191 e. The standard InChI is InChI=1S/C16H18BrN5S/c1-10(2)9-23-16-20-13(18)12-14(21-16)22(15(17)19-12)8-11-6-4-3-5-7-11/h3-7,10H,8-9H2,1-2H3,(H2,18,20,21). The van der Waals surface area contributed by atoms with Crippen LogP contribution in [-0.2, 0) is 6.54 Å². The third kappa shape index (κ3) is 3.67. The largest absolute Gasteiger partial charge is 0.382 e. The number of imidazole rings is 1. The zero-order chi connectivity index (χ0) is 16.4. The number of nitrogens with zero attached hydrogens (tertiary/aromatic N) is 4. The molecule has 0 aliphatic rings. The van der Waals surface area contributed by atoms with Gasteiger partial charge in [0, 0.05) is 5.75 Å². The molecular weight excluding hydrogens is 374 g/mol. The van der Waals surface area contributed by atoms with E-state index in [-0.39, 0.29) is 0 Å². The maximum atomic E-state index is 6.08. The Bertz CT molecular complexity index is 816. The maximum absolute atomic E-state index is 6.08. The fraction of sp³-hybridized carbons (Fsp3) is 0.312. The molecule has 2 aromatic heterocycles. The number of anilines is 1. The second-order valence-electron chi connectivity index (χ2n) is 5.72. The van der Waals surface area contributed by atoms with Crippen molar-refractivity contribution < 1.29 is 0 Å². The fourth-order valence-corrected chi connectivity index (χ4v) is 3.45. The first-order valence-electron chi connectivity index (χ1n) is 7.40. The molecule has 2 heterocycles. The molecule has 0 amide bonds. The lowest BCUT2D eigenvalue weighted by Crippen LogP contribution is -2.04. The van der Waals surface area contributed by atoms with Gasteiger partial charge in [0.25, 0.3) is 0 Å². The summed E-state index contributed by atoms with van der Waals surface area (Å²) in [6.07, 6.45) is 0. The number of nitrogen functional groups attached to an aromatic ring is 1. The quantitative estimate of drug-likeness (QED) is 0.404. The minimum absolute atomic E-state index is 0.425. The number of rotatable bonds is 5. The van der Waals surface area contributed by atoms with Gasteiger partial charge in [0.05, 0.1) is 6.54 Å². The third-order valence-corrected chi connectivity index (χ3v) is 5.16. The molecule has 120 valence electrons. The summed E-state index contributed by atoms with van der Waals surface area (Å²) in [6, 6.07) is 10.2. The minimum Gasteiger partial charge on any atom is -0.382 e. The Balaban J connectivity index is 2.01. The molecule has 23 heavy (non-hydrogen) atoms. The van der Waals surface area contributed by atoms with Gasteiger partial charge in [0.15, 0.2) is 26.9 Å². The van der Waals surface area contributed by atoms with E-state index in [1.54, 1.807) is 11.8 Å². The summed E-state index contributed by atoms with van der Waals surface area (Å²) >= 11 is 5.13. The number of aromatic nitrogens is 4. The lowest BCUT2D eigenvalue weighted by Gasteiger charge is -2.07. The van der Waals surface area contributed by atoms with Crippen LogP contribution in [0.15, 0.2) is 40.2 Å². The molecule has 0 spiro atoms. The summed E-state index contributed by atoms with van der Waals surface area (Å²) in [5.41, 5.74) is 8.66. The van der Waals surface area contributed by atoms with Crippen LogP contribution >= 0.6 is 27.7 Å². The molecule has 3 rings (SSSR count). The minimum atomic E-state index is 0.425. The van der Waals surface area contributed by atoms with Crippen molar-refractivity contribution in [3.05, 3.63) is 40.6 Å². The van der Waals surface area contributed by atoms with Gasteiger partial charge in [0.2, 0.25) is 0 Å². The number of hydrogen-bond acceptors (Lipinski definition) is 5. The summed E-state index contributed by atoms with van der Waals surface area (Å²) in [5.74, 6) is 1.95. The van der Waals surface area contributed by atoms with Crippen LogP contribution in [0, 0.1) is 5.92 Å². The van der Waals surface area contributed by atoms with Gasteiger partial charge in [-0.3, -0.25) is 4.57 Å². The highest BCUT2D eigenvalue weighted by Gasteiger charge is 2.16. The predicted molar refractivity (Wildman–Crippen MR) is 98.5 cm³/mol. The van der Waals surface area contributed by atoms with Crippen LogP contribution in [0.1, 0.15) is 19.4 Å². The molecule has 5 nitrogen and oxygen atoms in total. The van der Waals surface area contributed by atoms with E-state index in [1.807, 2.05) is 22.8 Å². The van der Waals surface area contributed by atoms with E-state index in [0.29, 0.717) is 33.7 Å². The first kappa shape index (κ1) is 16.3. The van der Waals surface area contributed by atoms with Gasteiger partial charge in [-0.15, -0.1) is 0 Å². The summed E-state index contributed by atoms with van der Waals surface area (Å²) in [6.45, 7) is 5.03. The lowest BCUT2D eigenvalue weighted by atomic mass is 10.2. The molecular formula is C16H18BrN5S. The maximum Gasteiger partial charge on any atom is 0.191 e. The molecule has 1 aromatic carbocycles. The number of nitrogens with two attached hydrogens (primary N) is 1. The zero-order valence-corrected chi connectivity index (χ0v) is 15.4. The topological polar surface area (TPSA) is 69.6 Å². The summed E-state index contributed by atoms with van der Waals surface area (Å²) in [5, 5.41) is 0.699. The molecule has 0 aliphatic carbocycles. The first-order valence-corrected chi connectivity index (χ1v) is 9.18. The predicted octanol–water partition coefficient (Wildman–Crippen LogP) is 3.97. The first-order chi connectivity index (χ1) is 11.0.